The van der Waals surface area contributed by atoms with Gasteiger partial charge in [0.15, 0.2) is 5.16 Å². The highest BCUT2D eigenvalue weighted by Gasteiger charge is 2.09. The Kier molecular flexibility index (Phi) is 6.26. The third-order valence-electron chi connectivity index (χ3n) is 3.75. The van der Waals surface area contributed by atoms with Crippen molar-refractivity contribution in [3.63, 3.8) is 0 Å². The van der Waals surface area contributed by atoms with Crippen LogP contribution in [0.4, 0.5) is 0 Å². The van der Waals surface area contributed by atoms with Crippen LogP contribution in [0.5, 0.6) is 0 Å². The molecule has 0 atom stereocenters. The van der Waals surface area contributed by atoms with E-state index < -0.39 is 0 Å². The Hall–Kier alpha value is -3.07. The average molecular weight is 385 g/mol. The molecule has 2 amide bonds. The van der Waals surface area contributed by atoms with Gasteiger partial charge in [-0.05, 0) is 29.8 Å². The molecule has 0 fully saturated rings. The summed E-state index contributed by atoms with van der Waals surface area (Å²) in [6.07, 6.45) is 3.92. The summed E-state index contributed by atoms with van der Waals surface area (Å²) < 4.78 is 7.01. The average Bonchev–Trinajstić information content (AvgIpc) is 3.35. The van der Waals surface area contributed by atoms with E-state index in [4.69, 9.17) is 4.42 Å². The molecule has 0 spiro atoms. The number of carbonyl (C=O) groups excluding carboxylic acids is 2. The van der Waals surface area contributed by atoms with Gasteiger partial charge in [0.1, 0.15) is 12.1 Å². The third kappa shape index (κ3) is 5.45. The summed E-state index contributed by atoms with van der Waals surface area (Å²) in [6, 6.07) is 10.8. The fourth-order valence-electron chi connectivity index (χ4n) is 2.26. The molecule has 8 nitrogen and oxygen atoms in total. The molecular weight excluding hydrogens is 366 g/mol. The number of thioether (sulfide) groups is 1. The highest BCUT2D eigenvalue weighted by atomic mass is 32.2. The van der Waals surface area contributed by atoms with Crippen LogP contribution in [0.3, 0.4) is 0 Å². The molecule has 0 radical (unpaired) electrons. The van der Waals surface area contributed by atoms with Crippen LogP contribution in [0.2, 0.25) is 0 Å². The number of nitrogens with zero attached hydrogens (tertiary/aromatic N) is 3. The summed E-state index contributed by atoms with van der Waals surface area (Å²) in [4.78, 5) is 23.9. The molecule has 2 aromatic heterocycles. The summed E-state index contributed by atoms with van der Waals surface area (Å²) >= 11 is 1.56. The van der Waals surface area contributed by atoms with Crippen molar-refractivity contribution >= 4 is 23.6 Å². The van der Waals surface area contributed by atoms with Crippen molar-refractivity contribution in [1.82, 2.24) is 25.6 Å². The lowest BCUT2D eigenvalue weighted by molar-refractivity contribution is -0.121. The number of carbonyl (C=O) groups is 2. The van der Waals surface area contributed by atoms with Crippen molar-refractivity contribution in [2.75, 3.05) is 0 Å². The second-order valence-electron chi connectivity index (χ2n) is 5.79. The molecule has 27 heavy (non-hydrogen) atoms. The van der Waals surface area contributed by atoms with Gasteiger partial charge in [0, 0.05) is 31.2 Å². The van der Waals surface area contributed by atoms with Crippen LogP contribution in [0.15, 0.2) is 58.6 Å². The Morgan fingerprint density at radius 2 is 2.00 bits per heavy atom. The van der Waals surface area contributed by atoms with E-state index in [1.54, 1.807) is 48.6 Å². The Labute approximate surface area is 160 Å². The predicted molar refractivity (Wildman–Crippen MR) is 99.6 cm³/mol. The number of hydrazine groups is 1. The van der Waals surface area contributed by atoms with Crippen LogP contribution < -0.4 is 10.9 Å². The predicted octanol–water partition coefficient (Wildman–Crippen LogP) is 2.09. The van der Waals surface area contributed by atoms with Gasteiger partial charge >= 0.3 is 0 Å². The Morgan fingerprint density at radius 3 is 2.67 bits per heavy atom. The van der Waals surface area contributed by atoms with E-state index in [1.807, 2.05) is 23.7 Å². The maximum Gasteiger partial charge on any atom is 0.269 e. The van der Waals surface area contributed by atoms with Crippen molar-refractivity contribution in [1.29, 1.82) is 0 Å². The van der Waals surface area contributed by atoms with E-state index >= 15 is 0 Å². The number of amides is 2. The molecule has 9 heteroatoms. The van der Waals surface area contributed by atoms with Gasteiger partial charge in [-0.3, -0.25) is 20.4 Å². The summed E-state index contributed by atoms with van der Waals surface area (Å²) in [5.74, 6) is 0.800. The number of nitrogens with one attached hydrogen (secondary N) is 2. The van der Waals surface area contributed by atoms with Gasteiger partial charge in [0.25, 0.3) is 5.91 Å². The normalized spacial score (nSPS) is 10.6. The van der Waals surface area contributed by atoms with Crippen molar-refractivity contribution in [3.05, 3.63) is 65.9 Å². The number of benzene rings is 1. The van der Waals surface area contributed by atoms with E-state index in [-0.39, 0.29) is 18.2 Å². The van der Waals surface area contributed by atoms with Gasteiger partial charge in [0.2, 0.25) is 5.91 Å². The first-order valence-corrected chi connectivity index (χ1v) is 9.27. The first-order valence-electron chi connectivity index (χ1n) is 8.29. The molecule has 0 bridgehead atoms. The lowest BCUT2D eigenvalue weighted by Crippen LogP contribution is -2.41. The molecule has 3 aromatic rings. The molecule has 2 heterocycles. The van der Waals surface area contributed by atoms with Crippen molar-refractivity contribution in [2.24, 2.45) is 7.05 Å². The molecule has 140 valence electrons. The Bertz CT molecular complexity index is 890. The number of hydrogen-bond acceptors (Lipinski definition) is 6. The molecule has 0 aliphatic carbocycles. The summed E-state index contributed by atoms with van der Waals surface area (Å²) in [6.45, 7) is 0. The fourth-order valence-corrected chi connectivity index (χ4v) is 3.10. The van der Waals surface area contributed by atoms with Crippen LogP contribution in [0.1, 0.15) is 28.1 Å². The van der Waals surface area contributed by atoms with Crippen LogP contribution in [-0.2, 0) is 24.0 Å². The van der Waals surface area contributed by atoms with Crippen molar-refractivity contribution in [3.8, 4) is 0 Å². The largest absolute Gasteiger partial charge is 0.469 e. The fraction of sp³-hybridized carbons (Fsp3) is 0.222. The van der Waals surface area contributed by atoms with Crippen LogP contribution in [0, 0.1) is 0 Å². The van der Waals surface area contributed by atoms with Crippen LogP contribution in [-0.4, -0.2) is 26.6 Å². The zero-order chi connectivity index (χ0) is 19.1. The first kappa shape index (κ1) is 18.7. The van der Waals surface area contributed by atoms with Crippen molar-refractivity contribution < 1.29 is 14.0 Å². The minimum absolute atomic E-state index is 0.228. The molecule has 0 aliphatic rings. The van der Waals surface area contributed by atoms with Gasteiger partial charge in [-0.15, -0.1) is 10.2 Å². The second-order valence-corrected chi connectivity index (χ2v) is 6.73. The van der Waals surface area contributed by atoms with E-state index in [0.717, 1.165) is 22.2 Å². The molecule has 1 aromatic carbocycles. The second kappa shape index (κ2) is 9.04. The SMILES string of the molecule is Cn1cnnc1SCc1ccc(C(=O)NNC(=O)CCc2ccco2)cc1. The summed E-state index contributed by atoms with van der Waals surface area (Å²) in [5.41, 5.74) is 6.34. The van der Waals surface area contributed by atoms with Gasteiger partial charge < -0.3 is 8.98 Å². The number of rotatable bonds is 7. The maximum absolute atomic E-state index is 12.1. The van der Waals surface area contributed by atoms with E-state index in [2.05, 4.69) is 21.0 Å². The number of aryl methyl sites for hydroxylation is 2. The van der Waals surface area contributed by atoms with Crippen molar-refractivity contribution in [2.45, 2.75) is 23.8 Å². The minimum atomic E-state index is -0.367. The lowest BCUT2D eigenvalue weighted by Gasteiger charge is -2.08. The van der Waals surface area contributed by atoms with Gasteiger partial charge in [-0.1, -0.05) is 23.9 Å². The Morgan fingerprint density at radius 1 is 1.19 bits per heavy atom. The highest BCUT2D eigenvalue weighted by Crippen LogP contribution is 2.20. The zero-order valence-electron chi connectivity index (χ0n) is 14.7. The number of furan rings is 1. The topological polar surface area (TPSA) is 102 Å². The molecule has 0 saturated heterocycles. The highest BCUT2D eigenvalue weighted by molar-refractivity contribution is 7.98. The molecule has 0 unspecified atom stereocenters. The standard InChI is InChI=1S/C18H19N5O3S/c1-23-12-19-22-18(23)27-11-13-4-6-14(7-5-13)17(25)21-20-16(24)9-8-15-3-2-10-26-15/h2-7,10,12H,8-9,11H2,1H3,(H,20,24)(H,21,25). The smallest absolute Gasteiger partial charge is 0.269 e. The first-order chi connectivity index (χ1) is 13.1. The third-order valence-corrected chi connectivity index (χ3v) is 4.85. The van der Waals surface area contributed by atoms with Gasteiger partial charge in [-0.2, -0.15) is 0 Å². The van der Waals surface area contributed by atoms with Crippen LogP contribution >= 0.6 is 11.8 Å². The van der Waals surface area contributed by atoms with Crippen LogP contribution in [0.25, 0.3) is 0 Å². The lowest BCUT2D eigenvalue weighted by atomic mass is 10.1. The monoisotopic (exact) mass is 385 g/mol. The quantitative estimate of drug-likeness (QED) is 0.477. The van der Waals surface area contributed by atoms with E-state index in [0.29, 0.717) is 12.0 Å². The molecule has 0 saturated carbocycles. The molecule has 0 aliphatic heterocycles. The number of hydrogen-bond donors (Lipinski definition) is 2. The summed E-state index contributed by atoms with van der Waals surface area (Å²) in [5, 5.41) is 8.68. The van der Waals surface area contributed by atoms with Gasteiger partial charge in [-0.25, -0.2) is 0 Å². The zero-order valence-corrected chi connectivity index (χ0v) is 15.5. The maximum atomic E-state index is 12.1. The van der Waals surface area contributed by atoms with Gasteiger partial charge in [0.05, 0.1) is 6.26 Å². The minimum Gasteiger partial charge on any atom is -0.469 e. The molecule has 2 N–H and O–H groups in total. The molecular formula is C18H19N5O3S. The number of aromatic nitrogens is 3. The van der Waals surface area contributed by atoms with E-state index in [1.165, 1.54) is 0 Å². The molecule has 3 rings (SSSR count). The van der Waals surface area contributed by atoms with E-state index in [9.17, 15) is 9.59 Å². The Balaban J connectivity index is 1.43. The summed E-state index contributed by atoms with van der Waals surface area (Å²) in [7, 11) is 1.89.